The molecule has 1 amide bonds. The number of carbonyl (C=O) groups is 1. The first kappa shape index (κ1) is 17.1. The molecule has 2 rings (SSSR count). The number of halogens is 1. The first-order chi connectivity index (χ1) is 11.0. The SMILES string of the molecule is CCOC(C)C(=O)N(C)C(c1cccc(F)c1)c1ccccn1. The highest BCUT2D eigenvalue weighted by Crippen LogP contribution is 2.27. The van der Waals surface area contributed by atoms with Crippen molar-refractivity contribution >= 4 is 5.91 Å². The monoisotopic (exact) mass is 316 g/mol. The Bertz CT molecular complexity index is 648. The van der Waals surface area contributed by atoms with E-state index in [0.29, 0.717) is 17.9 Å². The number of aromatic nitrogens is 1. The van der Waals surface area contributed by atoms with E-state index in [2.05, 4.69) is 4.98 Å². The van der Waals surface area contributed by atoms with E-state index in [1.54, 1.807) is 43.3 Å². The van der Waals surface area contributed by atoms with Crippen molar-refractivity contribution in [1.82, 2.24) is 9.88 Å². The summed E-state index contributed by atoms with van der Waals surface area (Å²) in [5.41, 5.74) is 1.35. The van der Waals surface area contributed by atoms with Gasteiger partial charge in [0.1, 0.15) is 11.9 Å². The minimum atomic E-state index is -0.565. The highest BCUT2D eigenvalue weighted by atomic mass is 19.1. The number of likely N-dealkylation sites (N-methyl/N-ethyl adjacent to an activating group) is 1. The van der Waals surface area contributed by atoms with Crippen LogP contribution in [0.5, 0.6) is 0 Å². The molecule has 0 fully saturated rings. The van der Waals surface area contributed by atoms with Gasteiger partial charge in [0.15, 0.2) is 0 Å². The third kappa shape index (κ3) is 4.13. The molecule has 122 valence electrons. The van der Waals surface area contributed by atoms with Crippen LogP contribution < -0.4 is 0 Å². The first-order valence-corrected chi connectivity index (χ1v) is 7.59. The molecule has 1 aromatic heterocycles. The lowest BCUT2D eigenvalue weighted by atomic mass is 10.0. The van der Waals surface area contributed by atoms with Gasteiger partial charge in [-0.3, -0.25) is 9.78 Å². The molecule has 4 nitrogen and oxygen atoms in total. The molecule has 1 heterocycles. The van der Waals surface area contributed by atoms with Crippen molar-refractivity contribution in [2.75, 3.05) is 13.7 Å². The zero-order valence-electron chi connectivity index (χ0n) is 13.6. The van der Waals surface area contributed by atoms with Gasteiger partial charge in [0, 0.05) is 19.9 Å². The predicted molar refractivity (Wildman–Crippen MR) is 86.3 cm³/mol. The Morgan fingerprint density at radius 2 is 2.09 bits per heavy atom. The number of amides is 1. The third-order valence-corrected chi connectivity index (χ3v) is 3.63. The van der Waals surface area contributed by atoms with E-state index < -0.39 is 12.1 Å². The molecular formula is C18H21FN2O2. The average molecular weight is 316 g/mol. The van der Waals surface area contributed by atoms with Crippen molar-refractivity contribution in [3.05, 3.63) is 65.7 Å². The second-order valence-electron chi connectivity index (χ2n) is 5.26. The molecule has 0 saturated carbocycles. The van der Waals surface area contributed by atoms with Crippen molar-refractivity contribution in [2.24, 2.45) is 0 Å². The van der Waals surface area contributed by atoms with Crippen LogP contribution in [0, 0.1) is 5.82 Å². The number of pyridine rings is 1. The zero-order chi connectivity index (χ0) is 16.8. The fraction of sp³-hybridized carbons (Fsp3) is 0.333. The summed E-state index contributed by atoms with van der Waals surface area (Å²) in [5, 5.41) is 0. The first-order valence-electron chi connectivity index (χ1n) is 7.59. The highest BCUT2D eigenvalue weighted by Gasteiger charge is 2.28. The number of rotatable bonds is 6. The van der Waals surface area contributed by atoms with E-state index >= 15 is 0 Å². The van der Waals surface area contributed by atoms with Crippen LogP contribution in [0.2, 0.25) is 0 Å². The van der Waals surface area contributed by atoms with Crippen molar-refractivity contribution in [2.45, 2.75) is 26.0 Å². The van der Waals surface area contributed by atoms with E-state index in [1.165, 1.54) is 12.1 Å². The van der Waals surface area contributed by atoms with Gasteiger partial charge >= 0.3 is 0 Å². The third-order valence-electron chi connectivity index (χ3n) is 3.63. The van der Waals surface area contributed by atoms with Crippen LogP contribution in [0.4, 0.5) is 4.39 Å². The molecule has 0 spiro atoms. The summed E-state index contributed by atoms with van der Waals surface area (Å²) >= 11 is 0. The van der Waals surface area contributed by atoms with Crippen molar-refractivity contribution in [3.63, 3.8) is 0 Å². The quantitative estimate of drug-likeness (QED) is 0.822. The molecule has 2 aromatic rings. The Hall–Kier alpha value is -2.27. The molecule has 23 heavy (non-hydrogen) atoms. The van der Waals surface area contributed by atoms with Gasteiger partial charge in [-0.25, -0.2) is 4.39 Å². The maximum Gasteiger partial charge on any atom is 0.251 e. The summed E-state index contributed by atoms with van der Waals surface area (Å²) in [4.78, 5) is 18.5. The summed E-state index contributed by atoms with van der Waals surface area (Å²) in [6.07, 6.45) is 1.09. The maximum atomic E-state index is 13.6. The Labute approximate surface area is 135 Å². The molecule has 0 aliphatic rings. The maximum absolute atomic E-state index is 13.6. The lowest BCUT2D eigenvalue weighted by molar-refractivity contribution is -0.142. The van der Waals surface area contributed by atoms with E-state index in [9.17, 15) is 9.18 Å². The number of hydrogen-bond donors (Lipinski definition) is 0. The number of ether oxygens (including phenoxy) is 1. The van der Waals surface area contributed by atoms with Gasteiger partial charge in [0.2, 0.25) is 0 Å². The van der Waals surface area contributed by atoms with Crippen molar-refractivity contribution < 1.29 is 13.9 Å². The molecule has 2 unspecified atom stereocenters. The lowest BCUT2D eigenvalue weighted by Gasteiger charge is -2.30. The zero-order valence-corrected chi connectivity index (χ0v) is 13.6. The molecule has 0 radical (unpaired) electrons. The molecule has 1 aromatic carbocycles. The van der Waals surface area contributed by atoms with Gasteiger partial charge in [0.05, 0.1) is 11.7 Å². The molecule has 0 N–H and O–H groups in total. The van der Waals surface area contributed by atoms with E-state index in [4.69, 9.17) is 4.74 Å². The summed E-state index contributed by atoms with van der Waals surface area (Å²) in [6.45, 7) is 4.00. The minimum absolute atomic E-state index is 0.174. The number of benzene rings is 1. The smallest absolute Gasteiger partial charge is 0.251 e. The predicted octanol–water partition coefficient (Wildman–Crippen LogP) is 3.19. The average Bonchev–Trinajstić information content (AvgIpc) is 2.55. The number of carbonyl (C=O) groups excluding carboxylic acids is 1. The second-order valence-corrected chi connectivity index (χ2v) is 5.26. The largest absolute Gasteiger partial charge is 0.369 e. The van der Waals surface area contributed by atoms with Gasteiger partial charge < -0.3 is 9.64 Å². The van der Waals surface area contributed by atoms with Gasteiger partial charge in [0.25, 0.3) is 5.91 Å². The summed E-state index contributed by atoms with van der Waals surface area (Å²) in [6, 6.07) is 11.2. The van der Waals surface area contributed by atoms with E-state index in [0.717, 1.165) is 0 Å². The van der Waals surface area contributed by atoms with Crippen LogP contribution in [0.3, 0.4) is 0 Å². The fourth-order valence-electron chi connectivity index (χ4n) is 2.54. The van der Waals surface area contributed by atoms with Gasteiger partial charge in [-0.2, -0.15) is 0 Å². The normalized spacial score (nSPS) is 13.4. The second kappa shape index (κ2) is 7.83. The Kier molecular flexibility index (Phi) is 5.82. The summed E-state index contributed by atoms with van der Waals surface area (Å²) in [5.74, 6) is -0.520. The van der Waals surface area contributed by atoms with Crippen molar-refractivity contribution in [1.29, 1.82) is 0 Å². The molecular weight excluding hydrogens is 295 g/mol. The minimum Gasteiger partial charge on any atom is -0.369 e. The van der Waals surface area contributed by atoms with Crippen LogP contribution in [-0.4, -0.2) is 35.5 Å². The van der Waals surface area contributed by atoms with Gasteiger partial charge in [-0.15, -0.1) is 0 Å². The molecule has 0 saturated heterocycles. The van der Waals surface area contributed by atoms with E-state index in [-0.39, 0.29) is 11.7 Å². The Balaban J connectivity index is 2.40. The summed E-state index contributed by atoms with van der Waals surface area (Å²) in [7, 11) is 1.68. The van der Waals surface area contributed by atoms with Crippen LogP contribution in [0.15, 0.2) is 48.7 Å². The lowest BCUT2D eigenvalue weighted by Crippen LogP contribution is -2.39. The highest BCUT2D eigenvalue weighted by molar-refractivity contribution is 5.81. The Morgan fingerprint density at radius 3 is 2.70 bits per heavy atom. The van der Waals surface area contributed by atoms with Gasteiger partial charge in [-0.1, -0.05) is 18.2 Å². The topological polar surface area (TPSA) is 42.4 Å². The molecule has 2 atom stereocenters. The van der Waals surface area contributed by atoms with Gasteiger partial charge in [-0.05, 0) is 43.7 Å². The standard InChI is InChI=1S/C18H21FN2O2/c1-4-23-13(2)18(22)21(3)17(16-10-5-6-11-20-16)14-8-7-9-15(19)12-14/h5-13,17H,4H2,1-3H3. The fourth-order valence-corrected chi connectivity index (χ4v) is 2.54. The van der Waals surface area contributed by atoms with E-state index in [1.807, 2.05) is 19.1 Å². The van der Waals surface area contributed by atoms with Crippen LogP contribution in [-0.2, 0) is 9.53 Å². The van der Waals surface area contributed by atoms with Crippen LogP contribution in [0.25, 0.3) is 0 Å². The molecule has 0 aliphatic carbocycles. The Morgan fingerprint density at radius 1 is 1.30 bits per heavy atom. The van der Waals surface area contributed by atoms with Crippen LogP contribution >= 0.6 is 0 Å². The molecule has 5 heteroatoms. The molecule has 0 aliphatic heterocycles. The number of nitrogens with zero attached hydrogens (tertiary/aromatic N) is 2. The number of hydrogen-bond acceptors (Lipinski definition) is 3. The summed E-state index contributed by atoms with van der Waals surface area (Å²) < 4.78 is 19.0. The van der Waals surface area contributed by atoms with Crippen LogP contribution in [0.1, 0.15) is 31.1 Å². The molecule has 0 bridgehead atoms. The van der Waals surface area contributed by atoms with Crippen molar-refractivity contribution in [3.8, 4) is 0 Å².